The van der Waals surface area contributed by atoms with Crippen molar-refractivity contribution in [2.75, 3.05) is 26.8 Å². The third-order valence-corrected chi connectivity index (χ3v) is 2.68. The molecule has 7 heteroatoms. The van der Waals surface area contributed by atoms with Crippen molar-refractivity contribution in [3.05, 3.63) is 0 Å². The zero-order valence-electron chi connectivity index (χ0n) is 9.60. The van der Waals surface area contributed by atoms with Gasteiger partial charge >= 0.3 is 12.0 Å². The van der Waals surface area contributed by atoms with Crippen LogP contribution < -0.4 is 5.32 Å². The Kier molecular flexibility index (Phi) is 4.29. The summed E-state index contributed by atoms with van der Waals surface area (Å²) in [5.74, 6) is -1.10. The number of hydrogen-bond donors (Lipinski definition) is 2. The summed E-state index contributed by atoms with van der Waals surface area (Å²) in [6, 6.07) is 1.41. The maximum atomic E-state index is 11.7. The van der Waals surface area contributed by atoms with E-state index < -0.39 is 17.5 Å². The van der Waals surface area contributed by atoms with Gasteiger partial charge in [-0.2, -0.15) is 5.26 Å². The second-order valence-electron chi connectivity index (χ2n) is 3.95. The molecule has 0 bridgehead atoms. The van der Waals surface area contributed by atoms with E-state index in [-0.39, 0.29) is 26.0 Å². The van der Waals surface area contributed by atoms with E-state index in [4.69, 9.17) is 15.1 Å². The number of hydrogen-bond acceptors (Lipinski definition) is 4. The Morgan fingerprint density at radius 2 is 2.35 bits per heavy atom. The van der Waals surface area contributed by atoms with Crippen LogP contribution in [-0.4, -0.2) is 54.4 Å². The van der Waals surface area contributed by atoms with Crippen LogP contribution in [0.4, 0.5) is 4.79 Å². The van der Waals surface area contributed by atoms with E-state index in [0.29, 0.717) is 6.61 Å². The highest BCUT2D eigenvalue weighted by atomic mass is 16.5. The summed E-state index contributed by atoms with van der Waals surface area (Å²) < 4.78 is 5.02. The maximum absolute atomic E-state index is 11.7. The minimum absolute atomic E-state index is 0.0276. The van der Waals surface area contributed by atoms with E-state index in [0.717, 1.165) is 0 Å². The molecule has 0 aromatic carbocycles. The normalized spacial score (nSPS) is 22.8. The number of aliphatic carboxylic acids is 1. The Bertz CT molecular complexity index is 344. The molecule has 1 aliphatic heterocycles. The Labute approximate surface area is 99.0 Å². The molecule has 1 rings (SSSR count). The number of urea groups is 1. The number of carbonyl (C=O) groups excluding carboxylic acids is 1. The van der Waals surface area contributed by atoms with Crippen LogP contribution in [0.3, 0.4) is 0 Å². The van der Waals surface area contributed by atoms with Crippen LogP contribution in [-0.2, 0) is 9.53 Å². The first-order valence-corrected chi connectivity index (χ1v) is 5.23. The average molecular weight is 241 g/mol. The monoisotopic (exact) mass is 241 g/mol. The van der Waals surface area contributed by atoms with Crippen molar-refractivity contribution in [3.63, 3.8) is 0 Å². The Morgan fingerprint density at radius 1 is 1.65 bits per heavy atom. The predicted molar refractivity (Wildman–Crippen MR) is 57.2 cm³/mol. The molecule has 1 atom stereocenters. The topological polar surface area (TPSA) is 103 Å². The third-order valence-electron chi connectivity index (χ3n) is 2.68. The van der Waals surface area contributed by atoms with Gasteiger partial charge in [0.05, 0.1) is 19.1 Å². The van der Waals surface area contributed by atoms with Crippen molar-refractivity contribution in [3.8, 4) is 6.07 Å². The van der Waals surface area contributed by atoms with Gasteiger partial charge in [0.15, 0.2) is 5.54 Å². The zero-order chi connectivity index (χ0) is 12.9. The van der Waals surface area contributed by atoms with Gasteiger partial charge in [-0.15, -0.1) is 0 Å². The first-order chi connectivity index (χ1) is 8.02. The number of ether oxygens (including phenoxy) is 1. The zero-order valence-corrected chi connectivity index (χ0v) is 9.60. The first-order valence-electron chi connectivity index (χ1n) is 5.23. The van der Waals surface area contributed by atoms with Crippen molar-refractivity contribution in [2.24, 2.45) is 0 Å². The number of amides is 2. The number of rotatable bonds is 4. The summed E-state index contributed by atoms with van der Waals surface area (Å²) in [5, 5.41) is 20.0. The van der Waals surface area contributed by atoms with Crippen molar-refractivity contribution >= 4 is 12.0 Å². The quantitative estimate of drug-likeness (QED) is 0.708. The van der Waals surface area contributed by atoms with E-state index in [1.54, 1.807) is 0 Å². The second-order valence-corrected chi connectivity index (χ2v) is 3.95. The van der Waals surface area contributed by atoms with Gasteiger partial charge in [0, 0.05) is 26.6 Å². The lowest BCUT2D eigenvalue weighted by molar-refractivity contribution is -0.144. The fraction of sp³-hybridized carbons (Fsp3) is 0.700. The summed E-state index contributed by atoms with van der Waals surface area (Å²) in [6.45, 7) is 0.549. The van der Waals surface area contributed by atoms with Gasteiger partial charge < -0.3 is 20.1 Å². The van der Waals surface area contributed by atoms with Gasteiger partial charge in [0.25, 0.3) is 0 Å². The molecule has 17 heavy (non-hydrogen) atoms. The summed E-state index contributed by atoms with van der Waals surface area (Å²) in [4.78, 5) is 24.1. The maximum Gasteiger partial charge on any atom is 0.332 e. The molecule has 0 radical (unpaired) electrons. The van der Waals surface area contributed by atoms with E-state index >= 15 is 0 Å². The molecule has 7 nitrogen and oxygen atoms in total. The number of carboxylic acids is 1. The lowest BCUT2D eigenvalue weighted by atomic mass is 9.99. The molecule has 1 unspecified atom stereocenters. The number of nitrogens with one attached hydrogen (secondary N) is 1. The minimum atomic E-state index is -1.34. The molecule has 1 saturated heterocycles. The second kappa shape index (κ2) is 5.50. The highest BCUT2D eigenvalue weighted by molar-refractivity contribution is 5.86. The van der Waals surface area contributed by atoms with E-state index in [9.17, 15) is 9.59 Å². The SMILES string of the molecule is CN(CCC#N)C(=O)NC1(C(=O)O)CCOC1. The van der Waals surface area contributed by atoms with Gasteiger partial charge in [0.2, 0.25) is 0 Å². The van der Waals surface area contributed by atoms with Crippen molar-refractivity contribution in [1.82, 2.24) is 10.2 Å². The smallest absolute Gasteiger partial charge is 0.332 e. The van der Waals surface area contributed by atoms with Crippen molar-refractivity contribution in [1.29, 1.82) is 5.26 Å². The summed E-state index contributed by atoms with van der Waals surface area (Å²) >= 11 is 0. The van der Waals surface area contributed by atoms with Crippen LogP contribution in [0.5, 0.6) is 0 Å². The lowest BCUT2D eigenvalue weighted by Crippen LogP contribution is -2.58. The molecule has 1 aliphatic rings. The molecule has 0 aromatic rings. The molecule has 2 N–H and O–H groups in total. The minimum Gasteiger partial charge on any atom is -0.479 e. The molecule has 94 valence electrons. The predicted octanol–water partition coefficient (Wildman–Crippen LogP) is -0.215. The molecule has 0 spiro atoms. The largest absolute Gasteiger partial charge is 0.479 e. The van der Waals surface area contributed by atoms with Crippen LogP contribution >= 0.6 is 0 Å². The third kappa shape index (κ3) is 3.07. The Hall–Kier alpha value is -1.81. The number of carboxylic acid groups (broad SMARTS) is 1. The van der Waals surface area contributed by atoms with Gasteiger partial charge in [-0.1, -0.05) is 0 Å². The fourth-order valence-corrected chi connectivity index (χ4v) is 1.51. The Morgan fingerprint density at radius 3 is 2.82 bits per heavy atom. The van der Waals surface area contributed by atoms with Crippen LogP contribution in [0, 0.1) is 11.3 Å². The fourth-order valence-electron chi connectivity index (χ4n) is 1.51. The van der Waals surface area contributed by atoms with E-state index in [1.807, 2.05) is 6.07 Å². The summed E-state index contributed by atoms with van der Waals surface area (Å²) in [7, 11) is 1.51. The van der Waals surface area contributed by atoms with Crippen LogP contribution in [0.15, 0.2) is 0 Å². The Balaban J connectivity index is 2.59. The van der Waals surface area contributed by atoms with Gasteiger partial charge in [-0.3, -0.25) is 0 Å². The molecule has 0 aliphatic carbocycles. The summed E-state index contributed by atoms with van der Waals surface area (Å²) in [6.07, 6.45) is 0.459. The van der Waals surface area contributed by atoms with Gasteiger partial charge in [-0.25, -0.2) is 9.59 Å². The average Bonchev–Trinajstić information content (AvgIpc) is 2.75. The molecular formula is C10H15N3O4. The molecule has 1 fully saturated rings. The van der Waals surface area contributed by atoms with Gasteiger partial charge in [0.1, 0.15) is 0 Å². The van der Waals surface area contributed by atoms with Crippen LogP contribution in [0.1, 0.15) is 12.8 Å². The molecule has 0 aromatic heterocycles. The number of nitrogens with zero attached hydrogens (tertiary/aromatic N) is 2. The van der Waals surface area contributed by atoms with Crippen molar-refractivity contribution in [2.45, 2.75) is 18.4 Å². The molecule has 2 amide bonds. The number of carbonyl (C=O) groups is 2. The lowest BCUT2D eigenvalue weighted by Gasteiger charge is -2.27. The number of nitriles is 1. The molecule has 1 heterocycles. The van der Waals surface area contributed by atoms with E-state index in [1.165, 1.54) is 11.9 Å². The standard InChI is InChI=1S/C10H15N3O4/c1-13(5-2-4-11)9(16)12-10(8(14)15)3-6-17-7-10/h2-3,5-7H2,1H3,(H,12,16)(H,14,15). The van der Waals surface area contributed by atoms with Crippen LogP contribution in [0.25, 0.3) is 0 Å². The van der Waals surface area contributed by atoms with Gasteiger partial charge in [-0.05, 0) is 0 Å². The highest BCUT2D eigenvalue weighted by Gasteiger charge is 2.44. The molecular weight excluding hydrogens is 226 g/mol. The van der Waals surface area contributed by atoms with E-state index in [2.05, 4.69) is 5.32 Å². The van der Waals surface area contributed by atoms with Crippen LogP contribution in [0.2, 0.25) is 0 Å². The summed E-state index contributed by atoms with van der Waals surface area (Å²) in [5.41, 5.74) is -1.34. The van der Waals surface area contributed by atoms with Crippen molar-refractivity contribution < 1.29 is 19.4 Å². The molecule has 0 saturated carbocycles. The first kappa shape index (κ1) is 13.3. The highest BCUT2D eigenvalue weighted by Crippen LogP contribution is 2.19.